The lowest BCUT2D eigenvalue weighted by molar-refractivity contribution is 0.0990. The number of ether oxygens (including phenoxy) is 1. The molecule has 3 heterocycles. The molecule has 5 nitrogen and oxygen atoms in total. The van der Waals surface area contributed by atoms with E-state index >= 15 is 0 Å². The Kier molecular flexibility index (Phi) is 4.03. The summed E-state index contributed by atoms with van der Waals surface area (Å²) in [7, 11) is 2.14. The predicted octanol–water partition coefficient (Wildman–Crippen LogP) is 2.31. The van der Waals surface area contributed by atoms with Gasteiger partial charge < -0.3 is 9.30 Å². The molecule has 0 bridgehead atoms. The summed E-state index contributed by atoms with van der Waals surface area (Å²) < 4.78 is 8.12. The van der Waals surface area contributed by atoms with Crippen molar-refractivity contribution < 1.29 is 4.74 Å². The van der Waals surface area contributed by atoms with Gasteiger partial charge in [0, 0.05) is 25.5 Å². The Labute approximate surface area is 125 Å². The minimum Gasteiger partial charge on any atom is -0.370 e. The van der Waals surface area contributed by atoms with Gasteiger partial charge in [-0.1, -0.05) is 6.07 Å². The van der Waals surface area contributed by atoms with Crippen molar-refractivity contribution in [3.63, 3.8) is 0 Å². The summed E-state index contributed by atoms with van der Waals surface area (Å²) in [5.41, 5.74) is 3.43. The van der Waals surface area contributed by atoms with Gasteiger partial charge in [-0.3, -0.25) is 9.88 Å². The van der Waals surface area contributed by atoms with Gasteiger partial charge in [0.2, 0.25) is 0 Å². The van der Waals surface area contributed by atoms with Gasteiger partial charge in [-0.15, -0.1) is 0 Å². The summed E-state index contributed by atoms with van der Waals surface area (Å²) in [5, 5.41) is 0. The molecule has 21 heavy (non-hydrogen) atoms. The van der Waals surface area contributed by atoms with E-state index in [-0.39, 0.29) is 0 Å². The molecule has 0 unspecified atom stereocenters. The Morgan fingerprint density at radius 3 is 2.90 bits per heavy atom. The topological polar surface area (TPSA) is 43.2 Å². The summed E-state index contributed by atoms with van der Waals surface area (Å²) in [5.74, 6) is 1.14. The maximum atomic E-state index is 5.83. The first-order valence-electron chi connectivity index (χ1n) is 7.38. The predicted molar refractivity (Wildman–Crippen MR) is 80.7 cm³/mol. The normalized spacial score (nSPS) is 18.7. The van der Waals surface area contributed by atoms with E-state index in [1.54, 1.807) is 0 Å². The van der Waals surface area contributed by atoms with Crippen molar-refractivity contribution in [1.29, 1.82) is 0 Å². The molecule has 0 amide bonds. The fourth-order valence-corrected chi connectivity index (χ4v) is 2.75. The molecule has 112 valence electrons. The number of rotatable bonds is 4. The van der Waals surface area contributed by atoms with Crippen LogP contribution in [0.15, 0.2) is 24.7 Å². The Morgan fingerprint density at radius 2 is 2.10 bits per heavy atom. The second-order valence-electron chi connectivity index (χ2n) is 5.78. The molecular formula is C16H22N4O. The van der Waals surface area contributed by atoms with Crippen LogP contribution >= 0.6 is 0 Å². The maximum Gasteiger partial charge on any atom is 0.126 e. The van der Waals surface area contributed by atoms with E-state index in [1.165, 1.54) is 0 Å². The number of pyridine rings is 1. The van der Waals surface area contributed by atoms with Crippen LogP contribution in [0.3, 0.4) is 0 Å². The van der Waals surface area contributed by atoms with Crippen LogP contribution in [-0.2, 0) is 24.5 Å². The molecule has 3 rings (SSSR count). The van der Waals surface area contributed by atoms with Crippen LogP contribution in [0.1, 0.15) is 35.6 Å². The molecular weight excluding hydrogens is 264 g/mol. The smallest absolute Gasteiger partial charge is 0.126 e. The van der Waals surface area contributed by atoms with Crippen molar-refractivity contribution in [2.24, 2.45) is 0 Å². The average Bonchev–Trinajstić information content (AvgIpc) is 2.87. The zero-order chi connectivity index (χ0) is 14.8. The molecule has 0 fully saturated rings. The lowest BCUT2D eigenvalue weighted by Crippen LogP contribution is -2.34. The molecule has 0 N–H and O–H groups in total. The van der Waals surface area contributed by atoms with Crippen LogP contribution in [0, 0.1) is 6.92 Å². The second-order valence-corrected chi connectivity index (χ2v) is 5.78. The molecule has 0 spiro atoms. The van der Waals surface area contributed by atoms with Crippen LogP contribution < -0.4 is 0 Å². The highest BCUT2D eigenvalue weighted by atomic mass is 16.5. The highest BCUT2D eigenvalue weighted by Crippen LogP contribution is 2.23. The lowest BCUT2D eigenvalue weighted by Gasteiger charge is -2.31. The van der Waals surface area contributed by atoms with Crippen molar-refractivity contribution in [3.8, 4) is 0 Å². The number of hydrogen-bond acceptors (Lipinski definition) is 4. The van der Waals surface area contributed by atoms with Crippen LogP contribution in [-0.4, -0.2) is 33.0 Å². The third kappa shape index (κ3) is 2.99. The van der Waals surface area contributed by atoms with Gasteiger partial charge >= 0.3 is 0 Å². The number of imidazole rings is 1. The van der Waals surface area contributed by atoms with Crippen molar-refractivity contribution >= 4 is 0 Å². The number of likely N-dealkylation sites (N-methyl/N-ethyl adjacent to an activating group) is 1. The monoisotopic (exact) mass is 286 g/mol. The van der Waals surface area contributed by atoms with Crippen LogP contribution in [0.5, 0.6) is 0 Å². The zero-order valence-electron chi connectivity index (χ0n) is 12.9. The minimum atomic E-state index is 0.369. The first kappa shape index (κ1) is 14.2. The third-order valence-electron chi connectivity index (χ3n) is 4.13. The standard InChI is InChI=1S/C16H22N4O/c1-12-6-14(8-17-7-12)10-21-11-15-9-18-16-13(2)19(3)4-5-20(15)16/h6-9,13H,4-5,10-11H2,1-3H3/t13-/m0/s1. The van der Waals surface area contributed by atoms with Gasteiger partial charge in [0.05, 0.1) is 31.1 Å². The SMILES string of the molecule is Cc1cncc(COCc2cnc3n2CCN(C)[C@H]3C)c1. The third-order valence-corrected chi connectivity index (χ3v) is 4.13. The van der Waals surface area contributed by atoms with Gasteiger partial charge in [0.15, 0.2) is 0 Å². The van der Waals surface area contributed by atoms with Crippen LogP contribution in [0.25, 0.3) is 0 Å². The van der Waals surface area contributed by atoms with E-state index in [4.69, 9.17) is 4.74 Å². The van der Waals surface area contributed by atoms with Crippen molar-refractivity contribution in [2.45, 2.75) is 39.6 Å². The fourth-order valence-electron chi connectivity index (χ4n) is 2.75. The van der Waals surface area contributed by atoms with Gasteiger partial charge in [-0.05, 0) is 32.0 Å². The fraction of sp³-hybridized carbons (Fsp3) is 0.500. The zero-order valence-corrected chi connectivity index (χ0v) is 12.9. The van der Waals surface area contributed by atoms with Gasteiger partial charge in [-0.2, -0.15) is 0 Å². The van der Waals surface area contributed by atoms with E-state index in [0.29, 0.717) is 19.3 Å². The Morgan fingerprint density at radius 1 is 1.24 bits per heavy atom. The first-order valence-corrected chi connectivity index (χ1v) is 7.38. The van der Waals surface area contributed by atoms with E-state index < -0.39 is 0 Å². The van der Waals surface area contributed by atoms with Gasteiger partial charge in [-0.25, -0.2) is 4.98 Å². The molecule has 2 aromatic heterocycles. The molecule has 1 aliphatic rings. The molecule has 2 aromatic rings. The summed E-state index contributed by atoms with van der Waals surface area (Å²) in [6, 6.07) is 2.48. The summed E-state index contributed by atoms with van der Waals surface area (Å²) >= 11 is 0. The molecule has 0 radical (unpaired) electrons. The molecule has 0 saturated carbocycles. The lowest BCUT2D eigenvalue weighted by atomic mass is 10.2. The molecule has 1 aliphatic heterocycles. The van der Waals surface area contributed by atoms with E-state index in [1.807, 2.05) is 25.5 Å². The number of hydrogen-bond donors (Lipinski definition) is 0. The van der Waals surface area contributed by atoms with E-state index in [2.05, 4.69) is 39.5 Å². The van der Waals surface area contributed by atoms with Crippen molar-refractivity contribution in [1.82, 2.24) is 19.4 Å². The second kappa shape index (κ2) is 5.95. The number of aryl methyl sites for hydroxylation is 1. The largest absolute Gasteiger partial charge is 0.370 e. The Hall–Kier alpha value is -1.72. The van der Waals surface area contributed by atoms with Crippen LogP contribution in [0.4, 0.5) is 0 Å². The number of aromatic nitrogens is 3. The van der Waals surface area contributed by atoms with Crippen molar-refractivity contribution in [2.75, 3.05) is 13.6 Å². The summed E-state index contributed by atoms with van der Waals surface area (Å²) in [6.45, 7) is 7.46. The molecule has 0 saturated heterocycles. The van der Waals surface area contributed by atoms with Crippen molar-refractivity contribution in [3.05, 3.63) is 47.3 Å². The number of fused-ring (bicyclic) bond motifs is 1. The number of nitrogens with zero attached hydrogens (tertiary/aromatic N) is 4. The highest BCUT2D eigenvalue weighted by molar-refractivity contribution is 5.16. The van der Waals surface area contributed by atoms with Gasteiger partial charge in [0.1, 0.15) is 5.82 Å². The van der Waals surface area contributed by atoms with E-state index in [0.717, 1.165) is 35.7 Å². The summed E-state index contributed by atoms with van der Waals surface area (Å²) in [6.07, 6.45) is 5.66. The first-order chi connectivity index (χ1) is 10.1. The Bertz CT molecular complexity index is 622. The molecule has 0 aliphatic carbocycles. The van der Waals surface area contributed by atoms with Crippen LogP contribution in [0.2, 0.25) is 0 Å². The summed E-state index contributed by atoms with van der Waals surface area (Å²) in [4.78, 5) is 11.1. The Balaban J connectivity index is 1.63. The van der Waals surface area contributed by atoms with E-state index in [9.17, 15) is 0 Å². The van der Waals surface area contributed by atoms with Gasteiger partial charge in [0.25, 0.3) is 0 Å². The quantitative estimate of drug-likeness (QED) is 0.865. The molecule has 5 heteroatoms. The maximum absolute atomic E-state index is 5.83. The molecule has 0 aromatic carbocycles. The molecule has 1 atom stereocenters. The average molecular weight is 286 g/mol. The highest BCUT2D eigenvalue weighted by Gasteiger charge is 2.24. The minimum absolute atomic E-state index is 0.369.